The van der Waals surface area contributed by atoms with Crippen LogP contribution in [-0.2, 0) is 4.79 Å². The van der Waals surface area contributed by atoms with E-state index in [9.17, 15) is 4.79 Å². The molecule has 1 amide bonds. The summed E-state index contributed by atoms with van der Waals surface area (Å²) in [6.07, 6.45) is 1.38. The maximum absolute atomic E-state index is 12.0. The van der Waals surface area contributed by atoms with Gasteiger partial charge < -0.3 is 20.7 Å². The summed E-state index contributed by atoms with van der Waals surface area (Å²) in [4.78, 5) is 16.3. The average Bonchev–Trinajstić information content (AvgIpc) is 2.51. The van der Waals surface area contributed by atoms with E-state index in [4.69, 9.17) is 16.3 Å². The first-order chi connectivity index (χ1) is 10.6. The summed E-state index contributed by atoms with van der Waals surface area (Å²) in [5, 5.41) is 9.71. The van der Waals surface area contributed by atoms with Crippen molar-refractivity contribution in [2.75, 3.05) is 32.1 Å². The van der Waals surface area contributed by atoms with E-state index in [1.165, 1.54) is 0 Å². The van der Waals surface area contributed by atoms with Crippen LogP contribution in [0, 0.1) is 6.92 Å². The summed E-state index contributed by atoms with van der Waals surface area (Å²) in [6, 6.07) is 3.50. The number of methoxy groups -OCH3 is 1. The molecule has 0 atom stereocenters. The van der Waals surface area contributed by atoms with E-state index >= 15 is 0 Å². The molecule has 1 aliphatic rings. The lowest BCUT2D eigenvalue weighted by molar-refractivity contribution is -0.116. The van der Waals surface area contributed by atoms with Crippen LogP contribution in [0.5, 0.6) is 5.75 Å². The van der Waals surface area contributed by atoms with Crippen LogP contribution in [0.3, 0.4) is 0 Å². The SMILES string of the molecule is COc1cc(Cl)c(C)cc1NC(=O)CCNC1=NCCCN1.I. The Balaban J connectivity index is 0.00000264. The number of benzene rings is 1. The van der Waals surface area contributed by atoms with Crippen molar-refractivity contribution in [3.63, 3.8) is 0 Å². The lowest BCUT2D eigenvalue weighted by Crippen LogP contribution is -2.41. The van der Waals surface area contributed by atoms with Crippen LogP contribution in [0.2, 0.25) is 5.02 Å². The first kappa shape index (κ1) is 19.8. The number of hydrogen-bond donors (Lipinski definition) is 3. The van der Waals surface area contributed by atoms with E-state index < -0.39 is 0 Å². The van der Waals surface area contributed by atoms with E-state index in [-0.39, 0.29) is 29.9 Å². The third kappa shape index (κ3) is 6.06. The Labute approximate surface area is 158 Å². The molecule has 3 N–H and O–H groups in total. The molecule has 0 radical (unpaired) electrons. The summed E-state index contributed by atoms with van der Waals surface area (Å²) in [7, 11) is 1.55. The van der Waals surface area contributed by atoms with E-state index in [0.29, 0.717) is 29.4 Å². The first-order valence-corrected chi connectivity index (χ1v) is 7.64. The van der Waals surface area contributed by atoms with Gasteiger partial charge in [-0.25, -0.2) is 0 Å². The molecule has 0 aromatic heterocycles. The summed E-state index contributed by atoms with van der Waals surface area (Å²) in [6.45, 7) is 4.14. The van der Waals surface area contributed by atoms with Crippen LogP contribution in [0.1, 0.15) is 18.4 Å². The summed E-state index contributed by atoms with van der Waals surface area (Å²) in [5.41, 5.74) is 1.51. The van der Waals surface area contributed by atoms with Crippen molar-refractivity contribution in [2.45, 2.75) is 19.8 Å². The van der Waals surface area contributed by atoms with Crippen LogP contribution < -0.4 is 20.7 Å². The molecule has 0 bridgehead atoms. The van der Waals surface area contributed by atoms with Crippen LogP contribution in [0.25, 0.3) is 0 Å². The van der Waals surface area contributed by atoms with Crippen molar-refractivity contribution in [3.05, 3.63) is 22.7 Å². The van der Waals surface area contributed by atoms with Gasteiger partial charge in [0.15, 0.2) is 5.96 Å². The van der Waals surface area contributed by atoms with Crippen molar-refractivity contribution in [2.24, 2.45) is 4.99 Å². The van der Waals surface area contributed by atoms with E-state index in [0.717, 1.165) is 31.0 Å². The standard InChI is InChI=1S/C15H21ClN4O2.HI/c1-10-8-12(13(22-2)9-11(10)16)20-14(21)4-7-19-15-17-5-3-6-18-15;/h8-9H,3-7H2,1-2H3,(H,20,21)(H2,17,18,19);1H. The van der Waals surface area contributed by atoms with Crippen molar-refractivity contribution < 1.29 is 9.53 Å². The molecule has 0 aliphatic carbocycles. The fraction of sp³-hybridized carbons (Fsp3) is 0.467. The Hall–Kier alpha value is -1.22. The number of amides is 1. The fourth-order valence-corrected chi connectivity index (χ4v) is 2.24. The topological polar surface area (TPSA) is 74.8 Å². The van der Waals surface area contributed by atoms with E-state index in [1.54, 1.807) is 19.2 Å². The molecule has 1 aromatic carbocycles. The maximum Gasteiger partial charge on any atom is 0.226 e. The molecular formula is C15H22ClIN4O2. The normalized spacial score (nSPS) is 13.3. The van der Waals surface area contributed by atoms with Crippen LogP contribution in [-0.4, -0.2) is 38.6 Å². The quantitative estimate of drug-likeness (QED) is 0.600. The number of ether oxygens (including phenoxy) is 1. The first-order valence-electron chi connectivity index (χ1n) is 7.26. The van der Waals surface area contributed by atoms with E-state index in [1.807, 2.05) is 6.92 Å². The Morgan fingerprint density at radius 2 is 2.26 bits per heavy atom. The molecule has 0 unspecified atom stereocenters. The number of carbonyl (C=O) groups excluding carboxylic acids is 1. The zero-order chi connectivity index (χ0) is 15.9. The molecule has 8 heteroatoms. The number of aliphatic imine (C=N–C) groups is 1. The zero-order valence-electron chi connectivity index (χ0n) is 13.2. The highest BCUT2D eigenvalue weighted by atomic mass is 127. The monoisotopic (exact) mass is 452 g/mol. The van der Waals surface area contributed by atoms with Gasteiger partial charge in [-0.2, -0.15) is 0 Å². The van der Waals surface area contributed by atoms with Crippen molar-refractivity contribution in [1.29, 1.82) is 0 Å². The predicted molar refractivity (Wildman–Crippen MR) is 104 cm³/mol. The number of nitrogens with one attached hydrogen (secondary N) is 3. The molecule has 2 rings (SSSR count). The van der Waals surface area contributed by atoms with Crippen molar-refractivity contribution >= 4 is 53.1 Å². The number of nitrogens with zero attached hydrogens (tertiary/aromatic N) is 1. The van der Waals surface area contributed by atoms with Crippen molar-refractivity contribution in [3.8, 4) is 5.75 Å². The molecule has 0 fully saturated rings. The molecule has 1 heterocycles. The van der Waals surface area contributed by atoms with Crippen LogP contribution >= 0.6 is 35.6 Å². The van der Waals surface area contributed by atoms with Gasteiger partial charge in [-0.1, -0.05) is 11.6 Å². The summed E-state index contributed by atoms with van der Waals surface area (Å²) < 4.78 is 5.24. The minimum atomic E-state index is -0.0936. The van der Waals surface area contributed by atoms with Crippen LogP contribution in [0.15, 0.2) is 17.1 Å². The third-order valence-electron chi connectivity index (χ3n) is 3.30. The molecule has 0 saturated carbocycles. The van der Waals surface area contributed by atoms with Gasteiger partial charge in [0.05, 0.1) is 12.8 Å². The number of carbonyl (C=O) groups is 1. The lowest BCUT2D eigenvalue weighted by atomic mass is 10.2. The number of aryl methyl sites for hydroxylation is 1. The highest BCUT2D eigenvalue weighted by Gasteiger charge is 2.11. The van der Waals surface area contributed by atoms with Gasteiger partial charge in [-0.05, 0) is 25.0 Å². The lowest BCUT2D eigenvalue weighted by Gasteiger charge is -2.16. The smallest absolute Gasteiger partial charge is 0.226 e. The molecule has 1 aliphatic heterocycles. The Kier molecular flexibility index (Phi) is 8.46. The van der Waals surface area contributed by atoms with Gasteiger partial charge in [0.25, 0.3) is 0 Å². The molecular weight excluding hydrogens is 431 g/mol. The van der Waals surface area contributed by atoms with Gasteiger partial charge >= 0.3 is 0 Å². The van der Waals surface area contributed by atoms with Gasteiger partial charge in [0, 0.05) is 37.1 Å². The highest BCUT2D eigenvalue weighted by Crippen LogP contribution is 2.30. The number of halogens is 2. The second kappa shape index (κ2) is 9.82. The number of hydrogen-bond acceptors (Lipinski definition) is 5. The number of anilines is 1. The molecule has 6 nitrogen and oxygen atoms in total. The van der Waals surface area contributed by atoms with E-state index in [2.05, 4.69) is 20.9 Å². The molecule has 0 spiro atoms. The highest BCUT2D eigenvalue weighted by molar-refractivity contribution is 14.0. The molecule has 1 aromatic rings. The number of rotatable bonds is 5. The minimum Gasteiger partial charge on any atom is -0.495 e. The fourth-order valence-electron chi connectivity index (χ4n) is 2.09. The minimum absolute atomic E-state index is 0. The second-order valence-electron chi connectivity index (χ2n) is 5.04. The van der Waals surface area contributed by atoms with Gasteiger partial charge in [0.2, 0.25) is 5.91 Å². The van der Waals surface area contributed by atoms with Crippen LogP contribution in [0.4, 0.5) is 5.69 Å². The third-order valence-corrected chi connectivity index (χ3v) is 3.70. The average molecular weight is 453 g/mol. The maximum atomic E-state index is 12.0. The molecule has 23 heavy (non-hydrogen) atoms. The predicted octanol–water partition coefficient (Wildman–Crippen LogP) is 2.54. The molecule has 128 valence electrons. The summed E-state index contributed by atoms with van der Waals surface area (Å²) in [5.74, 6) is 1.22. The number of guanidine groups is 1. The van der Waals surface area contributed by atoms with Gasteiger partial charge in [0.1, 0.15) is 5.75 Å². The Morgan fingerprint density at radius 1 is 1.48 bits per heavy atom. The van der Waals surface area contributed by atoms with Gasteiger partial charge in [-0.3, -0.25) is 9.79 Å². The zero-order valence-corrected chi connectivity index (χ0v) is 16.3. The summed E-state index contributed by atoms with van der Waals surface area (Å²) >= 11 is 6.05. The van der Waals surface area contributed by atoms with Gasteiger partial charge in [-0.15, -0.1) is 24.0 Å². The molecule has 0 saturated heterocycles. The largest absolute Gasteiger partial charge is 0.495 e. The Morgan fingerprint density at radius 3 is 2.91 bits per heavy atom. The van der Waals surface area contributed by atoms with Crippen molar-refractivity contribution in [1.82, 2.24) is 10.6 Å². The second-order valence-corrected chi connectivity index (χ2v) is 5.44. The Bertz CT molecular complexity index is 581.